The van der Waals surface area contributed by atoms with E-state index in [1.165, 1.54) is 38.4 Å². The number of nitrogens with zero attached hydrogens (tertiary/aromatic N) is 1. The fraction of sp³-hybridized carbons (Fsp3) is 0.226. The normalized spacial score (nSPS) is 16.3. The van der Waals surface area contributed by atoms with Gasteiger partial charge >= 0.3 is 0 Å². The minimum Gasteiger partial charge on any atom is -0.507 e. The quantitative estimate of drug-likeness (QED) is 0.155. The predicted octanol–water partition coefficient (Wildman–Crippen LogP) is 4.57. The first-order chi connectivity index (χ1) is 19.8. The first kappa shape index (κ1) is 27.4. The van der Waals surface area contributed by atoms with Crippen LogP contribution in [0.5, 0.6) is 28.7 Å². The summed E-state index contributed by atoms with van der Waals surface area (Å²) >= 11 is 0. The van der Waals surface area contributed by atoms with Gasteiger partial charge < -0.3 is 39.0 Å². The number of hydrogen-bond acceptors (Lipinski definition) is 8. The summed E-state index contributed by atoms with van der Waals surface area (Å²) in [5.74, 6) is -0.367. The van der Waals surface area contributed by atoms with Gasteiger partial charge in [0.25, 0.3) is 11.7 Å². The number of carbonyl (C=O) groups excluding carboxylic acids is 2. The number of ether oxygens (including phenoxy) is 4. The topological polar surface area (TPSA) is 131 Å². The Hall–Kier alpha value is -5.12. The van der Waals surface area contributed by atoms with Crippen molar-refractivity contribution in [2.45, 2.75) is 12.5 Å². The first-order valence-electron chi connectivity index (χ1n) is 12.8. The van der Waals surface area contributed by atoms with Crippen LogP contribution in [0.2, 0.25) is 0 Å². The van der Waals surface area contributed by atoms with Crippen LogP contribution in [-0.4, -0.2) is 66.8 Å². The third kappa shape index (κ3) is 4.88. The van der Waals surface area contributed by atoms with Crippen LogP contribution < -0.4 is 18.9 Å². The number of Topliss-reactive ketones (excluding diaryl/α,β-unsaturated/α-hetero) is 1. The Morgan fingerprint density at radius 2 is 1.63 bits per heavy atom. The Morgan fingerprint density at radius 3 is 2.34 bits per heavy atom. The number of hydrogen-bond donors (Lipinski definition) is 3. The second kappa shape index (κ2) is 11.2. The van der Waals surface area contributed by atoms with Gasteiger partial charge in [-0.3, -0.25) is 9.59 Å². The standard InChI is InChI=1S/C31H30N2O8/c1-38-20-7-8-22-21(15-20)19(16-32-22)11-12-33-28(17-5-9-23(34)25(13-17)40-3)27(30(36)31(33)37)29(35)18-6-10-24(39-2)26(14-18)41-4/h5-10,13-16,28,32,34-35H,11-12H2,1-4H3/b29-27-. The number of ketones is 1. The molecule has 2 heterocycles. The Kier molecular flexibility index (Phi) is 7.47. The molecule has 10 heteroatoms. The highest BCUT2D eigenvalue weighted by Crippen LogP contribution is 2.43. The molecule has 4 aromatic rings. The first-order valence-corrected chi connectivity index (χ1v) is 12.8. The van der Waals surface area contributed by atoms with Crippen LogP contribution in [0.15, 0.2) is 66.4 Å². The number of phenolic OH excluding ortho intramolecular Hbond substituents is 1. The molecular formula is C31H30N2O8. The number of aliphatic hydroxyl groups excluding tert-OH is 1. The molecule has 3 aromatic carbocycles. The molecule has 0 aliphatic carbocycles. The molecule has 212 valence electrons. The lowest BCUT2D eigenvalue weighted by Gasteiger charge is -2.26. The summed E-state index contributed by atoms with van der Waals surface area (Å²) in [5, 5.41) is 22.6. The number of likely N-dealkylation sites (tertiary alicyclic amines) is 1. The van der Waals surface area contributed by atoms with Gasteiger partial charge in [0.1, 0.15) is 11.5 Å². The van der Waals surface area contributed by atoms with Crippen molar-refractivity contribution in [3.8, 4) is 28.7 Å². The number of methoxy groups -OCH3 is 4. The van der Waals surface area contributed by atoms with E-state index in [-0.39, 0.29) is 34.9 Å². The number of H-pyrrole nitrogens is 1. The largest absolute Gasteiger partial charge is 0.507 e. The molecule has 1 unspecified atom stereocenters. The minimum atomic E-state index is -0.947. The lowest BCUT2D eigenvalue weighted by atomic mass is 9.94. The van der Waals surface area contributed by atoms with Crippen molar-refractivity contribution in [1.82, 2.24) is 9.88 Å². The van der Waals surface area contributed by atoms with Gasteiger partial charge in [0.2, 0.25) is 0 Å². The van der Waals surface area contributed by atoms with Crippen LogP contribution in [-0.2, 0) is 16.0 Å². The fourth-order valence-electron chi connectivity index (χ4n) is 5.19. The number of aromatic amines is 1. The van der Waals surface area contributed by atoms with Gasteiger partial charge in [-0.2, -0.15) is 0 Å². The molecule has 1 aromatic heterocycles. The Bertz CT molecular complexity index is 1670. The van der Waals surface area contributed by atoms with Crippen molar-refractivity contribution in [2.75, 3.05) is 35.0 Å². The molecular weight excluding hydrogens is 528 g/mol. The van der Waals surface area contributed by atoms with Crippen molar-refractivity contribution >= 4 is 28.4 Å². The number of nitrogens with one attached hydrogen (secondary N) is 1. The van der Waals surface area contributed by atoms with Gasteiger partial charge in [-0.05, 0) is 66.1 Å². The molecule has 1 aliphatic heterocycles. The van der Waals surface area contributed by atoms with E-state index in [9.17, 15) is 19.8 Å². The zero-order chi connectivity index (χ0) is 29.3. The van der Waals surface area contributed by atoms with Gasteiger partial charge in [0.05, 0.1) is 40.1 Å². The van der Waals surface area contributed by atoms with Gasteiger partial charge in [-0.15, -0.1) is 0 Å². The van der Waals surface area contributed by atoms with E-state index < -0.39 is 17.7 Å². The monoisotopic (exact) mass is 558 g/mol. The highest BCUT2D eigenvalue weighted by molar-refractivity contribution is 6.46. The van der Waals surface area contributed by atoms with Gasteiger partial charge in [0.15, 0.2) is 23.0 Å². The number of phenols is 1. The number of aromatic nitrogens is 1. The molecule has 0 saturated carbocycles. The third-order valence-corrected chi connectivity index (χ3v) is 7.31. The number of aliphatic hydroxyl groups is 1. The maximum absolute atomic E-state index is 13.5. The second-order valence-electron chi connectivity index (χ2n) is 9.47. The van der Waals surface area contributed by atoms with Crippen molar-refractivity contribution in [2.24, 2.45) is 0 Å². The van der Waals surface area contributed by atoms with E-state index in [4.69, 9.17) is 18.9 Å². The summed E-state index contributed by atoms with van der Waals surface area (Å²) < 4.78 is 21.3. The van der Waals surface area contributed by atoms with Crippen LogP contribution in [0, 0.1) is 0 Å². The number of aromatic hydroxyl groups is 1. The molecule has 0 radical (unpaired) electrons. The number of benzene rings is 3. The average molecular weight is 559 g/mol. The molecule has 0 bridgehead atoms. The lowest BCUT2D eigenvalue weighted by Crippen LogP contribution is -2.31. The molecule has 3 N–H and O–H groups in total. The molecule has 1 fully saturated rings. The van der Waals surface area contributed by atoms with Gasteiger partial charge in [-0.25, -0.2) is 0 Å². The summed E-state index contributed by atoms with van der Waals surface area (Å²) in [6, 6.07) is 14.0. The van der Waals surface area contributed by atoms with Crippen LogP contribution in [0.3, 0.4) is 0 Å². The summed E-state index contributed by atoms with van der Waals surface area (Å²) in [5.41, 5.74) is 2.52. The van der Waals surface area contributed by atoms with E-state index in [0.29, 0.717) is 29.2 Å². The van der Waals surface area contributed by atoms with E-state index in [1.54, 1.807) is 31.4 Å². The predicted molar refractivity (Wildman–Crippen MR) is 152 cm³/mol. The molecule has 5 rings (SSSR count). The highest BCUT2D eigenvalue weighted by atomic mass is 16.5. The fourth-order valence-corrected chi connectivity index (χ4v) is 5.19. The zero-order valence-electron chi connectivity index (χ0n) is 23.1. The number of fused-ring (bicyclic) bond motifs is 1. The SMILES string of the molecule is COc1ccc2[nH]cc(CCN3C(=O)C(=O)/C(=C(\O)c4ccc(OC)c(OC)c4)C3c3ccc(O)c(OC)c3)c2c1. The van der Waals surface area contributed by atoms with E-state index >= 15 is 0 Å². The molecule has 1 saturated heterocycles. The third-order valence-electron chi connectivity index (χ3n) is 7.31. The number of amides is 1. The summed E-state index contributed by atoms with van der Waals surface area (Å²) in [6.45, 7) is 0.172. The van der Waals surface area contributed by atoms with Crippen LogP contribution in [0.4, 0.5) is 0 Å². The molecule has 1 atom stereocenters. The maximum atomic E-state index is 13.5. The number of carbonyl (C=O) groups is 2. The average Bonchev–Trinajstić information content (AvgIpc) is 3.52. The molecule has 10 nitrogen and oxygen atoms in total. The minimum absolute atomic E-state index is 0.0874. The summed E-state index contributed by atoms with van der Waals surface area (Å²) in [6.07, 6.45) is 2.28. The number of rotatable bonds is 9. The van der Waals surface area contributed by atoms with E-state index in [1.807, 2.05) is 24.4 Å². The summed E-state index contributed by atoms with van der Waals surface area (Å²) in [7, 11) is 5.95. The van der Waals surface area contributed by atoms with Crippen LogP contribution in [0.25, 0.3) is 16.7 Å². The van der Waals surface area contributed by atoms with Crippen molar-refractivity contribution in [3.05, 3.63) is 83.1 Å². The maximum Gasteiger partial charge on any atom is 0.295 e. The molecule has 1 amide bonds. The Balaban J connectivity index is 1.60. The van der Waals surface area contributed by atoms with E-state index in [0.717, 1.165) is 16.5 Å². The zero-order valence-corrected chi connectivity index (χ0v) is 23.1. The van der Waals surface area contributed by atoms with Crippen molar-refractivity contribution < 1.29 is 38.7 Å². The second-order valence-corrected chi connectivity index (χ2v) is 9.47. The van der Waals surface area contributed by atoms with E-state index in [2.05, 4.69) is 4.98 Å². The molecule has 41 heavy (non-hydrogen) atoms. The Labute approximate surface area is 236 Å². The van der Waals surface area contributed by atoms with Gasteiger partial charge in [0, 0.05) is 29.2 Å². The Morgan fingerprint density at radius 1 is 0.878 bits per heavy atom. The van der Waals surface area contributed by atoms with Crippen molar-refractivity contribution in [3.63, 3.8) is 0 Å². The molecule has 1 aliphatic rings. The van der Waals surface area contributed by atoms with Crippen molar-refractivity contribution in [1.29, 1.82) is 0 Å². The smallest absolute Gasteiger partial charge is 0.295 e. The van der Waals surface area contributed by atoms with Crippen LogP contribution >= 0.6 is 0 Å². The van der Waals surface area contributed by atoms with Gasteiger partial charge in [-0.1, -0.05) is 6.07 Å². The lowest BCUT2D eigenvalue weighted by molar-refractivity contribution is -0.139. The molecule has 0 spiro atoms. The highest BCUT2D eigenvalue weighted by Gasteiger charge is 2.46. The van der Waals surface area contributed by atoms with Crippen LogP contribution in [0.1, 0.15) is 22.7 Å². The summed E-state index contributed by atoms with van der Waals surface area (Å²) in [4.78, 5) is 31.6.